The Hall–Kier alpha value is -1.25. The van der Waals surface area contributed by atoms with Gasteiger partial charge in [0.1, 0.15) is 11.6 Å². The summed E-state index contributed by atoms with van der Waals surface area (Å²) in [6.45, 7) is 1.87. The molecule has 0 fully saturated rings. The Kier molecular flexibility index (Phi) is 1.64. The molecule has 0 aromatic carbocycles. The SMILES string of the molecule is Cc1ncc2c(n1)CCC(=O)C2. The maximum atomic E-state index is 11.1. The van der Waals surface area contributed by atoms with Gasteiger partial charge in [0.15, 0.2) is 0 Å². The molecule has 0 amide bonds. The molecule has 1 aromatic heterocycles. The highest BCUT2D eigenvalue weighted by molar-refractivity contribution is 5.82. The van der Waals surface area contributed by atoms with Gasteiger partial charge in [-0.25, -0.2) is 9.97 Å². The number of carbonyl (C=O) groups is 1. The van der Waals surface area contributed by atoms with Crippen LogP contribution in [0.15, 0.2) is 6.20 Å². The van der Waals surface area contributed by atoms with Gasteiger partial charge < -0.3 is 0 Å². The van der Waals surface area contributed by atoms with Crippen LogP contribution in [0.5, 0.6) is 0 Å². The fourth-order valence-corrected chi connectivity index (χ4v) is 1.46. The second kappa shape index (κ2) is 2.66. The maximum absolute atomic E-state index is 11.1. The molecule has 0 aliphatic heterocycles. The van der Waals surface area contributed by atoms with Crippen molar-refractivity contribution in [1.82, 2.24) is 9.97 Å². The van der Waals surface area contributed by atoms with Crippen LogP contribution in [0, 0.1) is 6.92 Å². The minimum Gasteiger partial charge on any atom is -0.299 e. The number of aryl methyl sites for hydroxylation is 2. The first-order valence-electron chi connectivity index (χ1n) is 4.09. The van der Waals surface area contributed by atoms with Crippen LogP contribution in [-0.2, 0) is 17.6 Å². The van der Waals surface area contributed by atoms with E-state index in [1.165, 1.54) is 0 Å². The van der Waals surface area contributed by atoms with Crippen molar-refractivity contribution in [3.63, 3.8) is 0 Å². The summed E-state index contributed by atoms with van der Waals surface area (Å²) in [6.07, 6.45) is 3.73. The lowest BCUT2D eigenvalue weighted by Crippen LogP contribution is -2.15. The lowest BCUT2D eigenvalue weighted by molar-refractivity contribution is -0.118. The number of nitrogens with zero attached hydrogens (tertiary/aromatic N) is 2. The molecule has 0 bridgehead atoms. The van der Waals surface area contributed by atoms with Gasteiger partial charge >= 0.3 is 0 Å². The zero-order valence-electron chi connectivity index (χ0n) is 7.00. The Morgan fingerprint density at radius 2 is 2.25 bits per heavy atom. The first kappa shape index (κ1) is 7.40. The van der Waals surface area contributed by atoms with Gasteiger partial charge in [0, 0.05) is 24.7 Å². The van der Waals surface area contributed by atoms with Crippen molar-refractivity contribution in [3.05, 3.63) is 23.3 Å². The molecule has 0 unspecified atom stereocenters. The average molecular weight is 162 g/mol. The van der Waals surface area contributed by atoms with Gasteiger partial charge in [-0.3, -0.25) is 4.79 Å². The molecule has 12 heavy (non-hydrogen) atoms. The molecule has 0 saturated carbocycles. The highest BCUT2D eigenvalue weighted by Crippen LogP contribution is 2.15. The standard InChI is InChI=1S/C9H10N2O/c1-6-10-5-7-4-8(12)2-3-9(7)11-6/h5H,2-4H2,1H3. The molecule has 3 heteroatoms. The molecule has 0 atom stereocenters. The molecule has 0 spiro atoms. The summed E-state index contributed by atoms with van der Waals surface area (Å²) in [4.78, 5) is 19.4. The lowest BCUT2D eigenvalue weighted by atomic mass is 9.96. The number of Topliss-reactive ketones (excluding diaryl/α,β-unsaturated/α-hetero) is 1. The molecule has 62 valence electrons. The predicted octanol–water partition coefficient (Wildman–Crippen LogP) is 0.843. The molecule has 2 rings (SSSR count). The molecule has 1 heterocycles. The van der Waals surface area contributed by atoms with Crippen LogP contribution in [0.1, 0.15) is 23.5 Å². The molecular formula is C9H10N2O. The largest absolute Gasteiger partial charge is 0.299 e. The Morgan fingerprint density at radius 1 is 1.42 bits per heavy atom. The van der Waals surface area contributed by atoms with E-state index in [4.69, 9.17) is 0 Å². The number of aromatic nitrogens is 2. The second-order valence-corrected chi connectivity index (χ2v) is 3.10. The van der Waals surface area contributed by atoms with Crippen molar-refractivity contribution < 1.29 is 4.79 Å². The topological polar surface area (TPSA) is 42.9 Å². The van der Waals surface area contributed by atoms with Crippen LogP contribution < -0.4 is 0 Å². The lowest BCUT2D eigenvalue weighted by Gasteiger charge is -2.12. The molecule has 1 aromatic rings. The van der Waals surface area contributed by atoms with Crippen molar-refractivity contribution in [3.8, 4) is 0 Å². The minimum absolute atomic E-state index is 0.301. The van der Waals surface area contributed by atoms with E-state index in [1.54, 1.807) is 6.20 Å². The summed E-state index contributed by atoms with van der Waals surface area (Å²) in [7, 11) is 0. The van der Waals surface area contributed by atoms with Gasteiger partial charge in [-0.05, 0) is 18.9 Å². The quantitative estimate of drug-likeness (QED) is 0.567. The van der Waals surface area contributed by atoms with E-state index in [9.17, 15) is 4.79 Å². The number of hydrogen-bond donors (Lipinski definition) is 0. The summed E-state index contributed by atoms with van der Waals surface area (Å²) >= 11 is 0. The minimum atomic E-state index is 0.301. The summed E-state index contributed by atoms with van der Waals surface area (Å²) in [5.41, 5.74) is 2.07. The van der Waals surface area contributed by atoms with Crippen LogP contribution in [0.4, 0.5) is 0 Å². The third-order valence-corrected chi connectivity index (χ3v) is 2.10. The normalized spacial score (nSPS) is 15.9. The number of hydrogen-bond acceptors (Lipinski definition) is 3. The molecular weight excluding hydrogens is 152 g/mol. The van der Waals surface area contributed by atoms with E-state index in [2.05, 4.69) is 9.97 Å². The van der Waals surface area contributed by atoms with Crippen LogP contribution in [-0.4, -0.2) is 15.8 Å². The van der Waals surface area contributed by atoms with Gasteiger partial charge in [0.05, 0.1) is 0 Å². The summed E-state index contributed by atoms with van der Waals surface area (Å²) in [5, 5.41) is 0. The highest BCUT2D eigenvalue weighted by Gasteiger charge is 2.16. The summed E-state index contributed by atoms with van der Waals surface area (Å²) in [5.74, 6) is 1.10. The monoisotopic (exact) mass is 162 g/mol. The first-order chi connectivity index (χ1) is 5.75. The zero-order chi connectivity index (χ0) is 8.55. The second-order valence-electron chi connectivity index (χ2n) is 3.10. The Balaban J connectivity index is 2.43. The maximum Gasteiger partial charge on any atom is 0.137 e. The van der Waals surface area contributed by atoms with Crippen molar-refractivity contribution in [2.45, 2.75) is 26.2 Å². The van der Waals surface area contributed by atoms with Crippen molar-refractivity contribution in [2.24, 2.45) is 0 Å². The van der Waals surface area contributed by atoms with E-state index < -0.39 is 0 Å². The molecule has 3 nitrogen and oxygen atoms in total. The Morgan fingerprint density at radius 3 is 3.08 bits per heavy atom. The van der Waals surface area contributed by atoms with Crippen LogP contribution in [0.2, 0.25) is 0 Å². The first-order valence-corrected chi connectivity index (χ1v) is 4.09. The number of rotatable bonds is 0. The van der Waals surface area contributed by atoms with Crippen molar-refractivity contribution >= 4 is 5.78 Å². The number of carbonyl (C=O) groups excluding carboxylic acids is 1. The van der Waals surface area contributed by atoms with E-state index >= 15 is 0 Å². The molecule has 1 aliphatic rings. The van der Waals surface area contributed by atoms with Crippen LogP contribution >= 0.6 is 0 Å². The van der Waals surface area contributed by atoms with Gasteiger partial charge in [-0.2, -0.15) is 0 Å². The number of fused-ring (bicyclic) bond motifs is 1. The van der Waals surface area contributed by atoms with Crippen LogP contribution in [0.3, 0.4) is 0 Å². The van der Waals surface area contributed by atoms with Gasteiger partial charge in [-0.1, -0.05) is 0 Å². The number of ketones is 1. The van der Waals surface area contributed by atoms with Gasteiger partial charge in [0.25, 0.3) is 0 Å². The van der Waals surface area contributed by atoms with E-state index in [-0.39, 0.29) is 0 Å². The molecule has 0 saturated heterocycles. The van der Waals surface area contributed by atoms with E-state index in [0.717, 1.165) is 23.5 Å². The average Bonchev–Trinajstić information content (AvgIpc) is 2.05. The van der Waals surface area contributed by atoms with Crippen LogP contribution in [0.25, 0.3) is 0 Å². The fourth-order valence-electron chi connectivity index (χ4n) is 1.46. The summed E-state index contributed by atoms with van der Waals surface area (Å²) < 4.78 is 0. The third kappa shape index (κ3) is 1.22. The van der Waals surface area contributed by atoms with E-state index in [1.807, 2.05) is 6.92 Å². The van der Waals surface area contributed by atoms with Gasteiger partial charge in [-0.15, -0.1) is 0 Å². The fraction of sp³-hybridized carbons (Fsp3) is 0.444. The highest BCUT2D eigenvalue weighted by atomic mass is 16.1. The zero-order valence-corrected chi connectivity index (χ0v) is 7.00. The van der Waals surface area contributed by atoms with E-state index in [0.29, 0.717) is 18.6 Å². The summed E-state index contributed by atoms with van der Waals surface area (Å²) in [6, 6.07) is 0. The Labute approximate surface area is 70.9 Å². The predicted molar refractivity (Wildman–Crippen MR) is 43.8 cm³/mol. The molecule has 0 N–H and O–H groups in total. The third-order valence-electron chi connectivity index (χ3n) is 2.10. The molecule has 0 radical (unpaired) electrons. The van der Waals surface area contributed by atoms with Crippen molar-refractivity contribution in [2.75, 3.05) is 0 Å². The van der Waals surface area contributed by atoms with Crippen molar-refractivity contribution in [1.29, 1.82) is 0 Å². The van der Waals surface area contributed by atoms with Gasteiger partial charge in [0.2, 0.25) is 0 Å². The Bertz CT molecular complexity index is 333. The smallest absolute Gasteiger partial charge is 0.137 e. The molecule has 1 aliphatic carbocycles.